The lowest BCUT2D eigenvalue weighted by Crippen LogP contribution is -2.12. The molecular weight excluding hydrogens is 192 g/mol. The Bertz CT molecular complexity index is 337. The summed E-state index contributed by atoms with van der Waals surface area (Å²) in [4.78, 5) is 0. The fourth-order valence-corrected chi connectivity index (χ4v) is 1.39. The van der Waals surface area contributed by atoms with Crippen molar-refractivity contribution in [2.45, 2.75) is 32.5 Å². The van der Waals surface area contributed by atoms with E-state index in [0.29, 0.717) is 11.3 Å². The van der Waals surface area contributed by atoms with Gasteiger partial charge in [0.1, 0.15) is 5.75 Å². The quantitative estimate of drug-likeness (QED) is 0.734. The van der Waals surface area contributed by atoms with E-state index in [1.807, 2.05) is 12.1 Å². The van der Waals surface area contributed by atoms with Gasteiger partial charge in [0, 0.05) is 5.56 Å². The second-order valence-electron chi connectivity index (χ2n) is 4.58. The van der Waals surface area contributed by atoms with E-state index in [1.54, 1.807) is 6.07 Å². The monoisotopic (exact) mass is 210 g/mol. The Hall–Kier alpha value is -1.06. The normalized spacial score (nSPS) is 11.9. The largest absolute Gasteiger partial charge is 0.496 e. The lowest BCUT2D eigenvalue weighted by molar-refractivity contribution is -0.0439. The van der Waals surface area contributed by atoms with Gasteiger partial charge in [0.25, 0.3) is 0 Å². The van der Waals surface area contributed by atoms with Crippen molar-refractivity contribution in [3.8, 4) is 5.75 Å². The first-order chi connectivity index (χ1) is 6.86. The first-order valence-corrected chi connectivity index (χ1v) is 4.91. The molecule has 2 N–H and O–H groups in total. The summed E-state index contributed by atoms with van der Waals surface area (Å²) in [7, 11) is 1.52. The number of aliphatic hydroxyl groups excluding tert-OH is 1. The molecule has 0 amide bonds. The van der Waals surface area contributed by atoms with Gasteiger partial charge in [-0.05, 0) is 23.1 Å². The summed E-state index contributed by atoms with van der Waals surface area (Å²) in [6.45, 7) is 6.28. The molecule has 0 fully saturated rings. The van der Waals surface area contributed by atoms with Crippen LogP contribution in [0, 0.1) is 0 Å². The van der Waals surface area contributed by atoms with Gasteiger partial charge in [-0.2, -0.15) is 0 Å². The van der Waals surface area contributed by atoms with Crippen molar-refractivity contribution in [2.24, 2.45) is 0 Å². The topological polar surface area (TPSA) is 49.7 Å². The maximum absolute atomic E-state index is 9.10. The van der Waals surface area contributed by atoms with E-state index in [4.69, 9.17) is 14.9 Å². The Morgan fingerprint density at radius 2 is 1.80 bits per heavy atom. The van der Waals surface area contributed by atoms with Gasteiger partial charge >= 0.3 is 0 Å². The fraction of sp³-hybridized carbons (Fsp3) is 0.500. The van der Waals surface area contributed by atoms with Crippen LogP contribution in [-0.4, -0.2) is 17.3 Å². The van der Waals surface area contributed by atoms with Crippen LogP contribution in [0.4, 0.5) is 0 Å². The van der Waals surface area contributed by atoms with Crippen LogP contribution in [-0.2, 0) is 5.41 Å². The number of rotatable bonds is 2. The van der Waals surface area contributed by atoms with E-state index in [0.717, 1.165) is 5.56 Å². The van der Waals surface area contributed by atoms with Gasteiger partial charge in [0.2, 0.25) is 0 Å². The van der Waals surface area contributed by atoms with E-state index in [-0.39, 0.29) is 5.41 Å². The molecule has 0 radical (unpaired) electrons. The summed E-state index contributed by atoms with van der Waals surface area (Å²) in [5.41, 5.74) is 1.51. The standard InChI is InChI=1S/C12H18O3/c1-12(2,3)8-5-6-9(11(13)14)10(7-8)15-4/h5-7,11,13-14H,1-4H3. The van der Waals surface area contributed by atoms with Crippen molar-refractivity contribution in [1.29, 1.82) is 0 Å². The average Bonchev–Trinajstić information content (AvgIpc) is 2.15. The molecule has 0 aliphatic heterocycles. The van der Waals surface area contributed by atoms with Crippen LogP contribution in [0.2, 0.25) is 0 Å². The van der Waals surface area contributed by atoms with Gasteiger partial charge < -0.3 is 14.9 Å². The molecule has 0 bridgehead atoms. The number of ether oxygens (including phenoxy) is 1. The third-order valence-electron chi connectivity index (χ3n) is 2.38. The number of hydrogen-bond donors (Lipinski definition) is 2. The molecule has 0 atom stereocenters. The Kier molecular flexibility index (Phi) is 3.37. The molecule has 0 saturated carbocycles. The number of hydrogen-bond acceptors (Lipinski definition) is 3. The van der Waals surface area contributed by atoms with Gasteiger partial charge in [0.15, 0.2) is 6.29 Å². The molecule has 0 spiro atoms. The molecule has 0 aliphatic carbocycles. The molecule has 1 aromatic carbocycles. The molecule has 0 heterocycles. The molecule has 0 unspecified atom stereocenters. The predicted molar refractivity (Wildman–Crippen MR) is 58.9 cm³/mol. The van der Waals surface area contributed by atoms with Gasteiger partial charge in [-0.15, -0.1) is 0 Å². The maximum Gasteiger partial charge on any atom is 0.182 e. The Morgan fingerprint density at radius 3 is 2.20 bits per heavy atom. The minimum Gasteiger partial charge on any atom is -0.496 e. The van der Waals surface area contributed by atoms with E-state index in [9.17, 15) is 0 Å². The number of methoxy groups -OCH3 is 1. The second-order valence-corrected chi connectivity index (χ2v) is 4.58. The minimum atomic E-state index is -1.49. The lowest BCUT2D eigenvalue weighted by atomic mass is 9.86. The lowest BCUT2D eigenvalue weighted by Gasteiger charge is -2.21. The summed E-state index contributed by atoms with van der Waals surface area (Å²) >= 11 is 0. The third-order valence-corrected chi connectivity index (χ3v) is 2.38. The third kappa shape index (κ3) is 2.70. The summed E-state index contributed by atoms with van der Waals surface area (Å²) in [5, 5.41) is 18.2. The molecule has 0 saturated heterocycles. The van der Waals surface area contributed by atoms with Gasteiger partial charge in [0.05, 0.1) is 7.11 Å². The molecular formula is C12H18O3. The number of benzene rings is 1. The zero-order valence-corrected chi connectivity index (χ0v) is 9.61. The summed E-state index contributed by atoms with van der Waals surface area (Å²) in [6.07, 6.45) is -1.49. The SMILES string of the molecule is COc1cc(C(C)(C)C)ccc1C(O)O. The van der Waals surface area contributed by atoms with E-state index >= 15 is 0 Å². The van der Waals surface area contributed by atoms with Crippen molar-refractivity contribution < 1.29 is 14.9 Å². The Morgan fingerprint density at radius 1 is 1.20 bits per heavy atom. The van der Waals surface area contributed by atoms with Crippen molar-refractivity contribution in [3.05, 3.63) is 29.3 Å². The molecule has 0 aliphatic rings. The van der Waals surface area contributed by atoms with Crippen LogP contribution >= 0.6 is 0 Å². The molecule has 84 valence electrons. The van der Waals surface area contributed by atoms with Crippen LogP contribution < -0.4 is 4.74 Å². The van der Waals surface area contributed by atoms with Gasteiger partial charge in [-0.3, -0.25) is 0 Å². The zero-order valence-electron chi connectivity index (χ0n) is 9.61. The van der Waals surface area contributed by atoms with Crippen LogP contribution in [0.3, 0.4) is 0 Å². The van der Waals surface area contributed by atoms with Crippen molar-refractivity contribution in [1.82, 2.24) is 0 Å². The smallest absolute Gasteiger partial charge is 0.182 e. The van der Waals surface area contributed by atoms with Crippen LogP contribution in [0.5, 0.6) is 5.75 Å². The van der Waals surface area contributed by atoms with Crippen molar-refractivity contribution in [2.75, 3.05) is 7.11 Å². The highest BCUT2D eigenvalue weighted by Crippen LogP contribution is 2.30. The highest BCUT2D eigenvalue weighted by molar-refractivity contribution is 5.40. The summed E-state index contributed by atoms with van der Waals surface area (Å²) in [5.74, 6) is 0.512. The average molecular weight is 210 g/mol. The first-order valence-electron chi connectivity index (χ1n) is 4.91. The van der Waals surface area contributed by atoms with Gasteiger partial charge in [-0.25, -0.2) is 0 Å². The van der Waals surface area contributed by atoms with Crippen LogP contribution in [0.1, 0.15) is 38.2 Å². The second kappa shape index (κ2) is 4.21. The Labute approximate surface area is 90.3 Å². The summed E-state index contributed by atoms with van der Waals surface area (Å²) < 4.78 is 5.12. The summed E-state index contributed by atoms with van der Waals surface area (Å²) in [6, 6.07) is 5.41. The molecule has 3 heteroatoms. The molecule has 1 aromatic rings. The van der Waals surface area contributed by atoms with Crippen LogP contribution in [0.25, 0.3) is 0 Å². The molecule has 3 nitrogen and oxygen atoms in total. The highest BCUT2D eigenvalue weighted by Gasteiger charge is 2.17. The zero-order chi connectivity index (χ0) is 11.6. The van der Waals surface area contributed by atoms with Crippen molar-refractivity contribution >= 4 is 0 Å². The molecule has 0 aromatic heterocycles. The Balaban J connectivity index is 3.19. The van der Waals surface area contributed by atoms with Crippen molar-refractivity contribution in [3.63, 3.8) is 0 Å². The van der Waals surface area contributed by atoms with E-state index < -0.39 is 6.29 Å². The van der Waals surface area contributed by atoms with Gasteiger partial charge in [-0.1, -0.05) is 26.8 Å². The molecule has 15 heavy (non-hydrogen) atoms. The molecule has 1 rings (SSSR count). The predicted octanol–water partition coefficient (Wildman–Crippen LogP) is 1.98. The first kappa shape index (κ1) is 12.0. The number of aliphatic hydroxyl groups is 2. The van der Waals surface area contributed by atoms with Crippen LogP contribution in [0.15, 0.2) is 18.2 Å². The minimum absolute atomic E-state index is 0.0201. The maximum atomic E-state index is 9.10. The highest BCUT2D eigenvalue weighted by atomic mass is 16.5. The fourth-order valence-electron chi connectivity index (χ4n) is 1.39. The van der Waals surface area contributed by atoms with E-state index in [1.165, 1.54) is 7.11 Å². The van der Waals surface area contributed by atoms with E-state index in [2.05, 4.69) is 20.8 Å².